The first kappa shape index (κ1) is 23.4. The smallest absolute Gasteiger partial charge is 0.273 e. The minimum Gasteiger partial charge on any atom is -0.307 e. The van der Waals surface area contributed by atoms with Crippen molar-refractivity contribution in [3.63, 3.8) is 0 Å². The summed E-state index contributed by atoms with van der Waals surface area (Å²) in [7, 11) is -4.07. The third-order valence-electron chi connectivity index (χ3n) is 4.67. The SMILES string of the molecule is Cc1cc(NC(=O)c2ccc(NS(=O)(=O)c3ccc(C)c([N+](=O)[O-])c3)cc2)n(CCC#N)n1. The lowest BCUT2D eigenvalue weighted by Crippen LogP contribution is -2.16. The van der Waals surface area contributed by atoms with Crippen LogP contribution < -0.4 is 10.0 Å². The number of aryl methyl sites for hydroxylation is 3. The van der Waals surface area contributed by atoms with Crippen molar-refractivity contribution in [3.05, 3.63) is 75.5 Å². The highest BCUT2D eigenvalue weighted by molar-refractivity contribution is 7.92. The van der Waals surface area contributed by atoms with Crippen LogP contribution in [0.1, 0.15) is 28.0 Å². The first-order valence-electron chi connectivity index (χ1n) is 9.71. The molecule has 0 saturated heterocycles. The van der Waals surface area contributed by atoms with Gasteiger partial charge in [0.05, 0.1) is 34.5 Å². The molecular formula is C21H20N6O5S. The minimum absolute atomic E-state index is 0.185. The second kappa shape index (κ2) is 9.49. The van der Waals surface area contributed by atoms with E-state index in [0.717, 1.165) is 6.07 Å². The number of nitro benzene ring substituents is 1. The molecule has 33 heavy (non-hydrogen) atoms. The number of amides is 1. The van der Waals surface area contributed by atoms with Crippen LogP contribution in [0.15, 0.2) is 53.4 Å². The van der Waals surface area contributed by atoms with E-state index in [1.165, 1.54) is 48.0 Å². The molecule has 0 fully saturated rings. The van der Waals surface area contributed by atoms with Gasteiger partial charge in [-0.05, 0) is 44.2 Å². The second-order valence-corrected chi connectivity index (χ2v) is 8.83. The van der Waals surface area contributed by atoms with Crippen LogP contribution >= 0.6 is 0 Å². The zero-order valence-electron chi connectivity index (χ0n) is 17.8. The van der Waals surface area contributed by atoms with Gasteiger partial charge in [-0.3, -0.25) is 19.6 Å². The summed E-state index contributed by atoms with van der Waals surface area (Å²) in [4.78, 5) is 22.8. The number of anilines is 2. The number of nitrogens with one attached hydrogen (secondary N) is 2. The Morgan fingerprint density at radius 2 is 1.88 bits per heavy atom. The Morgan fingerprint density at radius 3 is 2.52 bits per heavy atom. The summed E-state index contributed by atoms with van der Waals surface area (Å²) in [5.74, 6) is 0.00942. The zero-order valence-corrected chi connectivity index (χ0v) is 18.6. The van der Waals surface area contributed by atoms with Gasteiger partial charge < -0.3 is 5.32 Å². The molecule has 0 atom stereocenters. The van der Waals surface area contributed by atoms with Gasteiger partial charge >= 0.3 is 0 Å². The Bertz CT molecular complexity index is 1360. The highest BCUT2D eigenvalue weighted by Crippen LogP contribution is 2.24. The van der Waals surface area contributed by atoms with Crippen LogP contribution in [-0.2, 0) is 16.6 Å². The van der Waals surface area contributed by atoms with Crippen LogP contribution in [0.4, 0.5) is 17.2 Å². The van der Waals surface area contributed by atoms with Crippen molar-refractivity contribution in [1.29, 1.82) is 5.26 Å². The molecule has 3 aromatic rings. The van der Waals surface area contributed by atoms with Crippen LogP contribution in [0.5, 0.6) is 0 Å². The van der Waals surface area contributed by atoms with Crippen molar-refractivity contribution in [2.75, 3.05) is 10.0 Å². The molecule has 12 heteroatoms. The van der Waals surface area contributed by atoms with Crippen LogP contribution in [0.2, 0.25) is 0 Å². The molecule has 2 aromatic carbocycles. The summed E-state index contributed by atoms with van der Waals surface area (Å²) < 4.78 is 29.1. The molecule has 0 aliphatic rings. The van der Waals surface area contributed by atoms with Gasteiger partial charge in [0.15, 0.2) is 0 Å². The summed E-state index contributed by atoms with van der Waals surface area (Å²) in [6, 6.07) is 13.0. The van der Waals surface area contributed by atoms with Crippen LogP contribution in [0.3, 0.4) is 0 Å². The summed E-state index contributed by atoms with van der Waals surface area (Å²) in [5.41, 5.74) is 1.19. The van der Waals surface area contributed by atoms with Crippen molar-refractivity contribution in [3.8, 4) is 6.07 Å². The molecule has 1 aromatic heterocycles. The van der Waals surface area contributed by atoms with Gasteiger partial charge in [0.25, 0.3) is 21.6 Å². The Kier molecular flexibility index (Phi) is 6.74. The maximum absolute atomic E-state index is 12.6. The van der Waals surface area contributed by atoms with E-state index in [1.54, 1.807) is 13.0 Å². The molecule has 1 heterocycles. The number of rotatable bonds is 8. The monoisotopic (exact) mass is 468 g/mol. The van der Waals surface area contributed by atoms with E-state index in [0.29, 0.717) is 23.6 Å². The van der Waals surface area contributed by atoms with Gasteiger partial charge in [0.1, 0.15) is 5.82 Å². The average molecular weight is 468 g/mol. The summed E-state index contributed by atoms with van der Waals surface area (Å²) in [6.45, 7) is 3.61. The molecule has 1 amide bonds. The van der Waals surface area contributed by atoms with Crippen molar-refractivity contribution < 1.29 is 18.1 Å². The van der Waals surface area contributed by atoms with Crippen molar-refractivity contribution in [1.82, 2.24) is 9.78 Å². The Morgan fingerprint density at radius 1 is 1.18 bits per heavy atom. The zero-order chi connectivity index (χ0) is 24.2. The number of nitro groups is 1. The quantitative estimate of drug-likeness (QED) is 0.378. The lowest BCUT2D eigenvalue weighted by molar-refractivity contribution is -0.385. The highest BCUT2D eigenvalue weighted by Gasteiger charge is 2.20. The molecule has 0 radical (unpaired) electrons. The molecule has 3 rings (SSSR count). The molecule has 0 saturated carbocycles. The van der Waals surface area contributed by atoms with Gasteiger partial charge in [0.2, 0.25) is 0 Å². The van der Waals surface area contributed by atoms with Gasteiger partial charge in [-0.25, -0.2) is 13.1 Å². The standard InChI is InChI=1S/C21H20N6O5S/c1-14-4-9-18(13-19(14)27(29)30)33(31,32)25-17-7-5-16(6-8-17)21(28)23-20-12-15(2)24-26(20)11-3-10-22/h4-9,12-13,25H,3,11H2,1-2H3,(H,23,28). The Labute approximate surface area is 189 Å². The normalized spacial score (nSPS) is 10.9. The Balaban J connectivity index is 1.74. The van der Waals surface area contributed by atoms with E-state index in [4.69, 9.17) is 5.26 Å². The predicted molar refractivity (Wildman–Crippen MR) is 120 cm³/mol. The van der Waals surface area contributed by atoms with E-state index in [2.05, 4.69) is 15.1 Å². The maximum Gasteiger partial charge on any atom is 0.273 e. The highest BCUT2D eigenvalue weighted by atomic mass is 32.2. The number of carbonyl (C=O) groups is 1. The summed E-state index contributed by atoms with van der Waals surface area (Å²) in [6.07, 6.45) is 0.239. The number of nitrogens with zero attached hydrogens (tertiary/aromatic N) is 4. The van der Waals surface area contributed by atoms with Crippen molar-refractivity contribution >= 4 is 33.1 Å². The van der Waals surface area contributed by atoms with Crippen molar-refractivity contribution in [2.24, 2.45) is 0 Å². The number of carbonyl (C=O) groups excluding carboxylic acids is 1. The first-order chi connectivity index (χ1) is 15.6. The van der Waals surface area contributed by atoms with Gasteiger partial charge in [-0.2, -0.15) is 10.4 Å². The largest absolute Gasteiger partial charge is 0.307 e. The van der Waals surface area contributed by atoms with Crippen LogP contribution in [-0.4, -0.2) is 29.0 Å². The molecular weight excluding hydrogens is 448 g/mol. The van der Waals surface area contributed by atoms with Gasteiger partial charge in [0, 0.05) is 28.9 Å². The van der Waals surface area contributed by atoms with Gasteiger partial charge in [-0.1, -0.05) is 6.07 Å². The third-order valence-corrected chi connectivity index (χ3v) is 6.05. The fourth-order valence-electron chi connectivity index (χ4n) is 3.02. The van der Waals surface area contributed by atoms with Crippen LogP contribution in [0.25, 0.3) is 0 Å². The topological polar surface area (TPSA) is 160 Å². The van der Waals surface area contributed by atoms with E-state index >= 15 is 0 Å². The average Bonchev–Trinajstić information content (AvgIpc) is 3.11. The number of hydrogen-bond donors (Lipinski definition) is 2. The summed E-state index contributed by atoms with van der Waals surface area (Å²) >= 11 is 0. The molecule has 170 valence electrons. The number of aromatic nitrogens is 2. The molecule has 0 aliphatic carbocycles. The minimum atomic E-state index is -4.07. The Hall–Kier alpha value is -4.24. The van der Waals surface area contributed by atoms with Crippen LogP contribution in [0, 0.1) is 35.3 Å². The fourth-order valence-corrected chi connectivity index (χ4v) is 4.10. The van der Waals surface area contributed by atoms with E-state index in [-0.39, 0.29) is 28.3 Å². The van der Waals surface area contributed by atoms with E-state index in [1.807, 2.05) is 6.07 Å². The molecule has 0 unspecified atom stereocenters. The fraction of sp³-hybridized carbons (Fsp3) is 0.190. The third kappa shape index (κ3) is 5.52. The number of nitriles is 1. The van der Waals surface area contributed by atoms with Crippen molar-refractivity contribution in [2.45, 2.75) is 31.7 Å². The number of hydrogen-bond acceptors (Lipinski definition) is 7. The molecule has 2 N–H and O–H groups in total. The molecule has 0 bridgehead atoms. The van der Waals surface area contributed by atoms with E-state index in [9.17, 15) is 23.3 Å². The maximum atomic E-state index is 12.6. The lowest BCUT2D eigenvalue weighted by Gasteiger charge is -2.10. The molecule has 0 aliphatic heterocycles. The molecule has 11 nitrogen and oxygen atoms in total. The van der Waals surface area contributed by atoms with Gasteiger partial charge in [-0.15, -0.1) is 0 Å². The molecule has 0 spiro atoms. The lowest BCUT2D eigenvalue weighted by atomic mass is 10.2. The first-order valence-corrected chi connectivity index (χ1v) is 11.2. The predicted octanol–water partition coefficient (Wildman–Crippen LogP) is 3.37. The summed E-state index contributed by atoms with van der Waals surface area (Å²) in [5, 5.41) is 26.8. The van der Waals surface area contributed by atoms with E-state index < -0.39 is 20.9 Å². The number of sulfonamides is 1. The number of benzene rings is 2. The second-order valence-electron chi connectivity index (χ2n) is 7.14.